The van der Waals surface area contributed by atoms with E-state index in [0.717, 1.165) is 22.3 Å². The minimum absolute atomic E-state index is 0.123. The van der Waals surface area contributed by atoms with Gasteiger partial charge in [-0.1, -0.05) is 71.8 Å². The number of nitrogens with one attached hydrogen (secondary N) is 4. The summed E-state index contributed by atoms with van der Waals surface area (Å²) in [6, 6.07) is 39.9. The first-order valence-electron chi connectivity index (χ1n) is 16.1. The third-order valence-corrected chi connectivity index (χ3v) is 10.8. The molecule has 0 saturated carbocycles. The largest absolute Gasteiger partial charge is 0.322 e. The summed E-state index contributed by atoms with van der Waals surface area (Å²) in [4.78, 5) is 26.3. The van der Waals surface area contributed by atoms with Crippen LogP contribution in [0.1, 0.15) is 31.8 Å². The molecule has 0 aromatic heterocycles. The van der Waals surface area contributed by atoms with E-state index in [9.17, 15) is 26.4 Å². The van der Waals surface area contributed by atoms with E-state index in [1.807, 2.05) is 38.1 Å². The van der Waals surface area contributed by atoms with Crippen molar-refractivity contribution < 1.29 is 26.4 Å². The Balaban J connectivity index is 1.05. The van der Waals surface area contributed by atoms with Crippen LogP contribution in [0.4, 0.5) is 22.7 Å². The van der Waals surface area contributed by atoms with Crippen LogP contribution in [0.25, 0.3) is 11.1 Å². The highest BCUT2D eigenvalue weighted by Gasteiger charge is 2.17. The molecule has 0 aliphatic carbocycles. The second kappa shape index (κ2) is 14.9. The molecule has 10 nitrogen and oxygen atoms in total. The van der Waals surface area contributed by atoms with Crippen molar-refractivity contribution in [1.82, 2.24) is 0 Å². The van der Waals surface area contributed by atoms with Crippen molar-refractivity contribution in [2.24, 2.45) is 0 Å². The van der Waals surface area contributed by atoms with E-state index in [4.69, 9.17) is 0 Å². The summed E-state index contributed by atoms with van der Waals surface area (Å²) in [5, 5.41) is 5.67. The molecule has 0 bridgehead atoms. The van der Waals surface area contributed by atoms with Gasteiger partial charge in [0.05, 0.1) is 9.79 Å². The fraction of sp³-hybridized carbons (Fsp3) is 0.0500. The molecule has 6 aromatic carbocycles. The highest BCUT2D eigenvalue weighted by molar-refractivity contribution is 7.93. The summed E-state index contributed by atoms with van der Waals surface area (Å²) in [5.74, 6) is -0.808. The zero-order valence-electron chi connectivity index (χ0n) is 28.1. The van der Waals surface area contributed by atoms with E-state index in [0.29, 0.717) is 11.4 Å². The van der Waals surface area contributed by atoms with Crippen molar-refractivity contribution in [1.29, 1.82) is 0 Å². The Morgan fingerprint density at radius 3 is 1.12 bits per heavy atom. The van der Waals surface area contributed by atoms with Gasteiger partial charge in [-0.2, -0.15) is 0 Å². The number of hydrogen-bond donors (Lipinski definition) is 4. The van der Waals surface area contributed by atoms with Crippen molar-refractivity contribution in [3.8, 4) is 11.1 Å². The van der Waals surface area contributed by atoms with E-state index < -0.39 is 31.9 Å². The average Bonchev–Trinajstić information content (AvgIpc) is 3.12. The fourth-order valence-electron chi connectivity index (χ4n) is 5.21. The van der Waals surface area contributed by atoms with Crippen LogP contribution in [0, 0.1) is 13.8 Å². The maximum absolute atomic E-state index is 13.0. The normalized spacial score (nSPS) is 11.3. The molecule has 0 radical (unpaired) electrons. The van der Waals surface area contributed by atoms with E-state index in [1.54, 1.807) is 84.9 Å². The van der Waals surface area contributed by atoms with Crippen molar-refractivity contribution in [3.63, 3.8) is 0 Å². The topological polar surface area (TPSA) is 151 Å². The Bertz CT molecular complexity index is 2290. The quantitative estimate of drug-likeness (QED) is 0.106. The van der Waals surface area contributed by atoms with Crippen LogP contribution in [0.5, 0.6) is 0 Å². The number of sulfonamides is 2. The van der Waals surface area contributed by atoms with Gasteiger partial charge in [-0.25, -0.2) is 16.8 Å². The molecule has 12 heteroatoms. The Hall–Kier alpha value is -6.24. The first-order valence-corrected chi connectivity index (χ1v) is 19.0. The second-order valence-electron chi connectivity index (χ2n) is 12.1. The molecule has 0 atom stereocenters. The lowest BCUT2D eigenvalue weighted by Crippen LogP contribution is -2.15. The fourth-order valence-corrected chi connectivity index (χ4v) is 7.31. The van der Waals surface area contributed by atoms with E-state index in [2.05, 4.69) is 20.1 Å². The number of aryl methyl sites for hydroxylation is 2. The van der Waals surface area contributed by atoms with Crippen molar-refractivity contribution in [2.45, 2.75) is 23.6 Å². The molecule has 0 heterocycles. The predicted octanol–water partition coefficient (Wildman–Crippen LogP) is 8.08. The molecule has 0 saturated heterocycles. The Labute approximate surface area is 302 Å². The van der Waals surface area contributed by atoms with Crippen LogP contribution in [0.2, 0.25) is 0 Å². The standard InChI is InChI=1S/C40H34N4O6S2/c1-27-9-21-37(22-10-27)51(47,48)43-35-7-3-5-31(25-35)39(45)41-33-17-13-29(14-18-33)30-15-19-34(20-16-30)42-40(46)32-6-4-8-36(26-32)44-52(49,50)38-23-11-28(2)12-24-38/h3-26,43-44H,1-2H3,(H,41,45)(H,42,46). The summed E-state index contributed by atoms with van der Waals surface area (Å²) < 4.78 is 56.3. The molecule has 0 spiro atoms. The van der Waals surface area contributed by atoms with Crippen molar-refractivity contribution in [2.75, 3.05) is 20.1 Å². The van der Waals surface area contributed by atoms with Crippen LogP contribution >= 0.6 is 0 Å². The first kappa shape index (κ1) is 35.6. The minimum Gasteiger partial charge on any atom is -0.322 e. The maximum Gasteiger partial charge on any atom is 0.261 e. The van der Waals surface area contributed by atoms with Gasteiger partial charge in [-0.05, 0) is 110 Å². The smallest absolute Gasteiger partial charge is 0.261 e. The summed E-state index contributed by atoms with van der Waals surface area (Å²) >= 11 is 0. The van der Waals surface area contributed by atoms with E-state index in [-0.39, 0.29) is 32.3 Å². The maximum atomic E-state index is 13.0. The SMILES string of the molecule is Cc1ccc(S(=O)(=O)Nc2cccc(C(=O)Nc3ccc(-c4ccc(NC(=O)c5cccc(NS(=O)(=O)c6ccc(C)cc6)c5)cc4)cc3)c2)cc1. The second-order valence-corrected chi connectivity index (χ2v) is 15.4. The monoisotopic (exact) mass is 730 g/mol. The van der Waals surface area contributed by atoms with Gasteiger partial charge in [0.2, 0.25) is 0 Å². The van der Waals surface area contributed by atoms with Gasteiger partial charge < -0.3 is 10.6 Å². The van der Waals surface area contributed by atoms with Gasteiger partial charge in [0.15, 0.2) is 0 Å². The van der Waals surface area contributed by atoms with Crippen LogP contribution in [0.3, 0.4) is 0 Å². The highest BCUT2D eigenvalue weighted by atomic mass is 32.2. The number of carbonyl (C=O) groups excluding carboxylic acids is 2. The van der Waals surface area contributed by atoms with Crippen LogP contribution in [-0.4, -0.2) is 28.6 Å². The van der Waals surface area contributed by atoms with Gasteiger partial charge in [0.25, 0.3) is 31.9 Å². The highest BCUT2D eigenvalue weighted by Crippen LogP contribution is 2.25. The molecule has 0 fully saturated rings. The van der Waals surface area contributed by atoms with E-state index >= 15 is 0 Å². The lowest BCUT2D eigenvalue weighted by atomic mass is 10.0. The molecule has 0 unspecified atom stereocenters. The number of carbonyl (C=O) groups is 2. The lowest BCUT2D eigenvalue weighted by molar-refractivity contribution is 0.101. The third-order valence-electron chi connectivity index (χ3n) is 8.04. The Kier molecular flexibility index (Phi) is 10.2. The van der Waals surface area contributed by atoms with Crippen LogP contribution < -0.4 is 20.1 Å². The van der Waals surface area contributed by atoms with Gasteiger partial charge >= 0.3 is 0 Å². The minimum atomic E-state index is -3.82. The van der Waals surface area contributed by atoms with Gasteiger partial charge in [-0.15, -0.1) is 0 Å². The molecule has 52 heavy (non-hydrogen) atoms. The summed E-state index contributed by atoms with van der Waals surface area (Å²) in [5.41, 5.74) is 5.80. The van der Waals surface area contributed by atoms with Gasteiger partial charge in [-0.3, -0.25) is 19.0 Å². The number of benzene rings is 6. The predicted molar refractivity (Wildman–Crippen MR) is 205 cm³/mol. The summed E-state index contributed by atoms with van der Waals surface area (Å²) in [6.45, 7) is 3.74. The Morgan fingerprint density at radius 2 is 0.769 bits per heavy atom. The van der Waals surface area contributed by atoms with Gasteiger partial charge in [0.1, 0.15) is 0 Å². The molecular weight excluding hydrogens is 697 g/mol. The lowest BCUT2D eigenvalue weighted by Gasteiger charge is -2.11. The molecule has 2 amide bonds. The van der Waals surface area contributed by atoms with Crippen molar-refractivity contribution >= 4 is 54.6 Å². The van der Waals surface area contributed by atoms with E-state index in [1.165, 1.54) is 36.4 Å². The van der Waals surface area contributed by atoms with Crippen molar-refractivity contribution in [3.05, 3.63) is 168 Å². The number of hydrogen-bond acceptors (Lipinski definition) is 6. The Morgan fingerprint density at radius 1 is 0.423 bits per heavy atom. The average molecular weight is 731 g/mol. The summed E-state index contributed by atoms with van der Waals surface area (Å²) in [6.07, 6.45) is 0. The molecule has 0 aliphatic rings. The molecule has 4 N–H and O–H groups in total. The summed E-state index contributed by atoms with van der Waals surface area (Å²) in [7, 11) is -7.65. The number of anilines is 4. The third kappa shape index (κ3) is 8.73. The zero-order chi connectivity index (χ0) is 36.9. The molecule has 0 aliphatic heterocycles. The molecule has 262 valence electrons. The van der Waals surface area contributed by atoms with Crippen LogP contribution in [-0.2, 0) is 20.0 Å². The molecule has 6 aromatic rings. The number of amides is 2. The number of rotatable bonds is 11. The molecule has 6 rings (SSSR count). The molecular formula is C40H34N4O6S2. The zero-order valence-corrected chi connectivity index (χ0v) is 29.8. The van der Waals surface area contributed by atoms with Crippen LogP contribution in [0.15, 0.2) is 155 Å². The van der Waals surface area contributed by atoms with Gasteiger partial charge in [0, 0.05) is 33.9 Å². The first-order chi connectivity index (χ1) is 24.8.